The molecule has 1 fully saturated rings. The summed E-state index contributed by atoms with van der Waals surface area (Å²) in [7, 11) is 0. The van der Waals surface area contributed by atoms with Crippen molar-refractivity contribution in [3.05, 3.63) is 0 Å². The number of carbonyl (C=O) groups is 1. The van der Waals surface area contributed by atoms with Crippen LogP contribution in [0.4, 0.5) is 0 Å². The van der Waals surface area contributed by atoms with Gasteiger partial charge in [-0.05, 0) is 0 Å². The fourth-order valence-electron chi connectivity index (χ4n) is 1.62. The van der Waals surface area contributed by atoms with Crippen LogP contribution in [0.2, 0.25) is 0 Å². The third-order valence-corrected chi connectivity index (χ3v) is 2.66. The zero-order chi connectivity index (χ0) is 12.5. The summed E-state index contributed by atoms with van der Waals surface area (Å²) in [6.07, 6.45) is -4.97. The van der Waals surface area contributed by atoms with Gasteiger partial charge in [0, 0.05) is 0 Å². The van der Waals surface area contributed by atoms with Crippen LogP contribution in [0.1, 0.15) is 0 Å². The molecule has 1 rings (SSSR count). The van der Waals surface area contributed by atoms with E-state index in [0.29, 0.717) is 0 Å². The molecule has 1 aliphatic heterocycles. The number of ether oxygens (including phenoxy) is 1. The molecule has 0 aromatic carbocycles. The van der Waals surface area contributed by atoms with Crippen molar-refractivity contribution >= 4 is 5.97 Å². The molecule has 0 spiro atoms. The van der Waals surface area contributed by atoms with Gasteiger partial charge >= 0.3 is 5.97 Å². The average molecular weight is 236 g/mol. The minimum atomic E-state index is -1.47. The van der Waals surface area contributed by atoms with Crippen molar-refractivity contribution in [3.63, 3.8) is 0 Å². The second-order valence-electron chi connectivity index (χ2n) is 3.74. The van der Waals surface area contributed by atoms with Crippen molar-refractivity contribution in [1.82, 2.24) is 0 Å². The van der Waals surface area contributed by atoms with Crippen LogP contribution in [0, 0.1) is 0 Å². The molecule has 1 saturated heterocycles. The quantitative estimate of drug-likeness (QED) is 0.291. The smallest absolute Gasteiger partial charge is 0.323 e. The van der Waals surface area contributed by atoms with E-state index in [-0.39, 0.29) is 0 Å². The van der Waals surface area contributed by atoms with E-state index < -0.39 is 49.1 Å². The van der Waals surface area contributed by atoms with Gasteiger partial charge in [-0.25, -0.2) is 0 Å². The molecular formula is C8H16N2O6. The van der Waals surface area contributed by atoms with Crippen LogP contribution in [-0.2, 0) is 9.53 Å². The Kier molecular flexibility index (Phi) is 4.19. The average Bonchev–Trinajstić information content (AvgIpc) is 2.25. The van der Waals surface area contributed by atoms with Gasteiger partial charge in [-0.1, -0.05) is 0 Å². The van der Waals surface area contributed by atoms with Crippen molar-refractivity contribution in [3.8, 4) is 0 Å². The van der Waals surface area contributed by atoms with E-state index in [2.05, 4.69) is 0 Å². The maximum Gasteiger partial charge on any atom is 0.323 e. The third kappa shape index (κ3) is 2.32. The first-order valence-corrected chi connectivity index (χ1v) is 4.76. The minimum Gasteiger partial charge on any atom is -0.480 e. The summed E-state index contributed by atoms with van der Waals surface area (Å²) in [4.78, 5) is 10.6. The summed E-state index contributed by atoms with van der Waals surface area (Å²) in [5.74, 6) is -1.36. The Hall–Kier alpha value is -0.770. The number of hydrogen-bond donors (Lipinski definition) is 6. The molecule has 1 aliphatic rings. The van der Waals surface area contributed by atoms with E-state index in [0.717, 1.165) is 0 Å². The van der Waals surface area contributed by atoms with Gasteiger partial charge < -0.3 is 36.6 Å². The van der Waals surface area contributed by atoms with Gasteiger partial charge in [0.25, 0.3) is 0 Å². The molecule has 0 aliphatic carbocycles. The van der Waals surface area contributed by atoms with Crippen LogP contribution in [-0.4, -0.2) is 69.5 Å². The Morgan fingerprint density at radius 2 is 1.94 bits per heavy atom. The van der Waals surface area contributed by atoms with Crippen LogP contribution in [0.5, 0.6) is 0 Å². The predicted molar refractivity (Wildman–Crippen MR) is 51.3 cm³/mol. The molecule has 0 bridgehead atoms. The summed E-state index contributed by atoms with van der Waals surface area (Å²) >= 11 is 0. The highest BCUT2D eigenvalue weighted by Crippen LogP contribution is 2.21. The molecule has 0 amide bonds. The second kappa shape index (κ2) is 5.04. The van der Waals surface area contributed by atoms with E-state index in [9.17, 15) is 15.0 Å². The lowest BCUT2D eigenvalue weighted by Crippen LogP contribution is -2.66. The molecule has 8 heteroatoms. The van der Waals surface area contributed by atoms with Gasteiger partial charge in [-0.2, -0.15) is 0 Å². The van der Waals surface area contributed by atoms with Crippen molar-refractivity contribution < 1.29 is 30.0 Å². The van der Waals surface area contributed by atoms with Gasteiger partial charge in [-0.3, -0.25) is 4.79 Å². The standard InChI is InChI=1S/C8H16N2O6/c9-3-5(12)2(1-11)16-7(6(3)13)4(10)8(14)15/h2-7,11-13H,1,9-10H2,(H,14,15)/t2-,3-,4?,5-,6-,7+/m1/s1. The molecule has 0 radical (unpaired) electrons. The molecule has 1 unspecified atom stereocenters. The van der Waals surface area contributed by atoms with Gasteiger partial charge in [0.05, 0.1) is 18.8 Å². The molecule has 8 nitrogen and oxygen atoms in total. The highest BCUT2D eigenvalue weighted by atomic mass is 16.5. The number of carboxylic acids is 1. The zero-order valence-corrected chi connectivity index (χ0v) is 8.43. The summed E-state index contributed by atoms with van der Waals surface area (Å²) < 4.78 is 5.02. The maximum absolute atomic E-state index is 10.6. The number of rotatable bonds is 3. The number of hydrogen-bond acceptors (Lipinski definition) is 7. The molecule has 0 aromatic heterocycles. The van der Waals surface area contributed by atoms with Crippen LogP contribution in [0.25, 0.3) is 0 Å². The molecule has 8 N–H and O–H groups in total. The Labute approximate surface area is 91.4 Å². The lowest BCUT2D eigenvalue weighted by molar-refractivity contribution is -0.198. The SMILES string of the molecule is NC(C(=O)O)[C@@H]1O[C@H](CO)[C@@H](O)[C@@H](N)[C@H]1O. The summed E-state index contributed by atoms with van der Waals surface area (Å²) in [5.41, 5.74) is 10.8. The van der Waals surface area contributed by atoms with Crippen LogP contribution >= 0.6 is 0 Å². The number of aliphatic hydroxyl groups is 3. The summed E-state index contributed by atoms with van der Waals surface area (Å²) in [5, 5.41) is 36.7. The second-order valence-corrected chi connectivity index (χ2v) is 3.74. The lowest BCUT2D eigenvalue weighted by atomic mass is 9.90. The number of aliphatic carboxylic acids is 1. The lowest BCUT2D eigenvalue weighted by Gasteiger charge is -2.41. The largest absolute Gasteiger partial charge is 0.480 e. The molecule has 16 heavy (non-hydrogen) atoms. The predicted octanol–water partition coefficient (Wildman–Crippen LogP) is -3.79. The van der Waals surface area contributed by atoms with Gasteiger partial charge in [0.2, 0.25) is 0 Å². The van der Waals surface area contributed by atoms with Crippen molar-refractivity contribution in [2.75, 3.05) is 6.61 Å². The fraction of sp³-hybridized carbons (Fsp3) is 0.875. The Bertz CT molecular complexity index is 261. The Balaban J connectivity index is 2.82. The minimum absolute atomic E-state index is 0.537. The number of nitrogens with two attached hydrogens (primary N) is 2. The summed E-state index contributed by atoms with van der Waals surface area (Å²) in [6, 6.07) is -2.58. The van der Waals surface area contributed by atoms with Crippen molar-refractivity contribution in [1.29, 1.82) is 0 Å². The zero-order valence-electron chi connectivity index (χ0n) is 8.43. The molecular weight excluding hydrogens is 220 g/mol. The Morgan fingerprint density at radius 3 is 2.38 bits per heavy atom. The molecule has 6 atom stereocenters. The first-order valence-electron chi connectivity index (χ1n) is 4.76. The molecule has 94 valence electrons. The Morgan fingerprint density at radius 1 is 1.38 bits per heavy atom. The van der Waals surface area contributed by atoms with Crippen LogP contribution in [0.15, 0.2) is 0 Å². The monoisotopic (exact) mass is 236 g/mol. The maximum atomic E-state index is 10.6. The molecule has 0 aromatic rings. The van der Waals surface area contributed by atoms with Crippen molar-refractivity contribution in [2.45, 2.75) is 36.5 Å². The highest BCUT2D eigenvalue weighted by molar-refractivity contribution is 5.74. The first kappa shape index (κ1) is 13.3. The van der Waals surface area contributed by atoms with E-state index in [1.807, 2.05) is 0 Å². The van der Waals surface area contributed by atoms with Gasteiger partial charge in [0.1, 0.15) is 24.4 Å². The van der Waals surface area contributed by atoms with Gasteiger partial charge in [0.15, 0.2) is 0 Å². The summed E-state index contributed by atoms with van der Waals surface area (Å²) in [6.45, 7) is -0.537. The topological polar surface area (TPSA) is 159 Å². The van der Waals surface area contributed by atoms with Gasteiger partial charge in [-0.15, -0.1) is 0 Å². The van der Waals surface area contributed by atoms with Crippen LogP contribution in [0.3, 0.4) is 0 Å². The van der Waals surface area contributed by atoms with Crippen molar-refractivity contribution in [2.24, 2.45) is 11.5 Å². The van der Waals surface area contributed by atoms with E-state index in [1.165, 1.54) is 0 Å². The molecule has 1 heterocycles. The normalized spacial score (nSPS) is 41.7. The number of aliphatic hydroxyl groups excluding tert-OH is 3. The third-order valence-electron chi connectivity index (χ3n) is 2.66. The highest BCUT2D eigenvalue weighted by Gasteiger charge is 2.46. The van der Waals surface area contributed by atoms with E-state index in [4.69, 9.17) is 26.4 Å². The van der Waals surface area contributed by atoms with E-state index >= 15 is 0 Å². The molecule has 0 saturated carbocycles. The van der Waals surface area contributed by atoms with Crippen LogP contribution < -0.4 is 11.5 Å². The number of carboxylic acid groups (broad SMARTS) is 1. The first-order chi connectivity index (χ1) is 7.40. The van der Waals surface area contributed by atoms with E-state index in [1.54, 1.807) is 0 Å². The fourth-order valence-corrected chi connectivity index (χ4v) is 1.62.